The molecule has 0 aromatic heterocycles. The van der Waals surface area contributed by atoms with Crippen LogP contribution in [-0.4, -0.2) is 30.6 Å². The van der Waals surface area contributed by atoms with Gasteiger partial charge in [0.2, 0.25) is 0 Å². The largest absolute Gasteiger partial charge is 0.486 e. The number of guanidine groups is 1. The molecular formula is C15H19N3O3. The Morgan fingerprint density at radius 2 is 1.95 bits per heavy atom. The lowest BCUT2D eigenvalue weighted by Gasteiger charge is -2.21. The number of hydrogen-bond acceptors (Lipinski definition) is 5. The molecule has 2 N–H and O–H groups in total. The molecule has 0 fully saturated rings. The summed E-state index contributed by atoms with van der Waals surface area (Å²) in [4.78, 5) is 16.5. The first-order valence-corrected chi connectivity index (χ1v) is 6.99. The number of aliphatic imine (C=N–C) groups is 1. The number of fused-ring (bicyclic) bond motifs is 1. The minimum absolute atomic E-state index is 0.140. The number of nitrogens with one attached hydrogen (secondary N) is 2. The molecule has 0 aliphatic carbocycles. The monoisotopic (exact) mass is 289 g/mol. The minimum Gasteiger partial charge on any atom is -0.486 e. The first kappa shape index (κ1) is 13.7. The Kier molecular flexibility index (Phi) is 3.23. The van der Waals surface area contributed by atoms with Crippen LogP contribution >= 0.6 is 0 Å². The predicted octanol–water partition coefficient (Wildman–Crippen LogP) is 1.37. The van der Waals surface area contributed by atoms with Crippen LogP contribution < -0.4 is 20.1 Å². The van der Waals surface area contributed by atoms with Gasteiger partial charge >= 0.3 is 0 Å². The number of carbonyl (C=O) groups excluding carboxylic acids is 1. The summed E-state index contributed by atoms with van der Waals surface area (Å²) in [5.41, 5.74) is 0.635. The molecule has 1 atom stereocenters. The Hall–Kier alpha value is -2.24. The van der Waals surface area contributed by atoms with Gasteiger partial charge in [0.1, 0.15) is 13.2 Å². The van der Waals surface area contributed by atoms with Gasteiger partial charge in [0, 0.05) is 5.54 Å². The number of carbonyl (C=O) groups is 1. The fourth-order valence-electron chi connectivity index (χ4n) is 2.28. The van der Waals surface area contributed by atoms with Crippen LogP contribution in [0.3, 0.4) is 0 Å². The predicted molar refractivity (Wildman–Crippen MR) is 78.6 cm³/mol. The fraction of sp³-hybridized carbons (Fsp3) is 0.467. The zero-order chi connectivity index (χ0) is 15.0. The summed E-state index contributed by atoms with van der Waals surface area (Å²) in [6.07, 6.45) is 0. The van der Waals surface area contributed by atoms with Gasteiger partial charge < -0.3 is 14.8 Å². The van der Waals surface area contributed by atoms with Gasteiger partial charge in [-0.2, -0.15) is 0 Å². The van der Waals surface area contributed by atoms with Crippen molar-refractivity contribution in [1.82, 2.24) is 10.6 Å². The van der Waals surface area contributed by atoms with Gasteiger partial charge in [-0.25, -0.2) is 4.99 Å². The number of nitrogens with zero attached hydrogens (tertiary/aromatic N) is 1. The van der Waals surface area contributed by atoms with Gasteiger partial charge in [0.15, 0.2) is 23.5 Å². The van der Waals surface area contributed by atoms with Crippen molar-refractivity contribution in [3.63, 3.8) is 0 Å². The fourth-order valence-corrected chi connectivity index (χ4v) is 2.28. The molecule has 1 aromatic carbocycles. The van der Waals surface area contributed by atoms with Crippen LogP contribution in [-0.2, 0) is 4.79 Å². The van der Waals surface area contributed by atoms with Crippen molar-refractivity contribution in [2.45, 2.75) is 32.4 Å². The van der Waals surface area contributed by atoms with Gasteiger partial charge in [-0.3, -0.25) is 10.1 Å². The Bertz CT molecular complexity index is 605. The highest BCUT2D eigenvalue weighted by atomic mass is 16.6. The summed E-state index contributed by atoms with van der Waals surface area (Å²) >= 11 is 0. The summed E-state index contributed by atoms with van der Waals surface area (Å²) in [5, 5.41) is 5.94. The number of ether oxygens (including phenoxy) is 2. The molecular weight excluding hydrogens is 270 g/mol. The molecule has 0 saturated carbocycles. The third-order valence-corrected chi connectivity index (χ3v) is 3.12. The van der Waals surface area contributed by atoms with Crippen LogP contribution in [0.25, 0.3) is 0 Å². The van der Waals surface area contributed by atoms with E-state index in [0.717, 1.165) is 5.56 Å². The quantitative estimate of drug-likeness (QED) is 0.819. The van der Waals surface area contributed by atoms with Crippen LogP contribution in [0, 0.1) is 0 Å². The van der Waals surface area contributed by atoms with Gasteiger partial charge in [-0.05, 0) is 38.5 Å². The first-order chi connectivity index (χ1) is 9.92. The molecule has 1 aromatic rings. The van der Waals surface area contributed by atoms with Gasteiger partial charge in [0.05, 0.1) is 0 Å². The highest BCUT2D eigenvalue weighted by Gasteiger charge is 2.30. The number of rotatable bonds is 1. The average Bonchev–Trinajstić information content (AvgIpc) is 2.76. The zero-order valence-corrected chi connectivity index (χ0v) is 12.4. The first-order valence-electron chi connectivity index (χ1n) is 6.99. The lowest BCUT2D eigenvalue weighted by Crippen LogP contribution is -2.46. The maximum absolute atomic E-state index is 12.1. The van der Waals surface area contributed by atoms with E-state index >= 15 is 0 Å². The minimum atomic E-state index is -0.550. The van der Waals surface area contributed by atoms with E-state index in [1.807, 2.05) is 39.0 Å². The van der Waals surface area contributed by atoms with Crippen LogP contribution in [0.4, 0.5) is 0 Å². The van der Waals surface area contributed by atoms with E-state index in [1.165, 1.54) is 0 Å². The zero-order valence-electron chi connectivity index (χ0n) is 12.4. The van der Waals surface area contributed by atoms with E-state index in [9.17, 15) is 4.79 Å². The van der Waals surface area contributed by atoms with Crippen molar-refractivity contribution in [2.24, 2.45) is 4.99 Å². The molecule has 6 nitrogen and oxygen atoms in total. The van der Waals surface area contributed by atoms with Crippen molar-refractivity contribution in [3.8, 4) is 11.5 Å². The Balaban J connectivity index is 1.84. The molecule has 3 rings (SSSR count). The standard InChI is InChI=1S/C15H19N3O3/c1-15(2,3)18-14-16-12(13(19)17-14)9-4-5-10-11(8-9)21-7-6-20-10/h4-5,8,12H,6-7H2,1-3H3,(H2,16,17,18,19). The summed E-state index contributed by atoms with van der Waals surface area (Å²) in [6, 6.07) is 4.94. The molecule has 0 radical (unpaired) electrons. The summed E-state index contributed by atoms with van der Waals surface area (Å²) < 4.78 is 11.0. The maximum atomic E-state index is 12.1. The van der Waals surface area contributed by atoms with Crippen molar-refractivity contribution < 1.29 is 14.3 Å². The molecule has 1 unspecified atom stereocenters. The Morgan fingerprint density at radius 3 is 2.67 bits per heavy atom. The number of benzene rings is 1. The van der Waals surface area contributed by atoms with Crippen molar-refractivity contribution in [2.75, 3.05) is 13.2 Å². The van der Waals surface area contributed by atoms with E-state index in [0.29, 0.717) is 30.7 Å². The van der Waals surface area contributed by atoms with Crippen LogP contribution in [0.1, 0.15) is 32.4 Å². The second kappa shape index (κ2) is 4.95. The van der Waals surface area contributed by atoms with Crippen LogP contribution in [0.15, 0.2) is 23.2 Å². The molecule has 6 heteroatoms. The Labute approximate surface area is 123 Å². The third kappa shape index (κ3) is 2.94. The van der Waals surface area contributed by atoms with Crippen LogP contribution in [0.5, 0.6) is 11.5 Å². The van der Waals surface area contributed by atoms with Crippen molar-refractivity contribution in [3.05, 3.63) is 23.8 Å². The highest BCUT2D eigenvalue weighted by Crippen LogP contribution is 2.34. The van der Waals surface area contributed by atoms with Gasteiger partial charge in [-0.1, -0.05) is 6.07 Å². The average molecular weight is 289 g/mol. The molecule has 112 valence electrons. The SMILES string of the molecule is CC(C)(C)NC1=NC(c2ccc3c(c2)OCCO3)C(=O)N1. The number of hydrogen-bond donors (Lipinski definition) is 2. The van der Waals surface area contributed by atoms with Crippen LogP contribution in [0.2, 0.25) is 0 Å². The normalized spacial score (nSPS) is 20.8. The lowest BCUT2D eigenvalue weighted by atomic mass is 10.1. The Morgan fingerprint density at radius 1 is 1.24 bits per heavy atom. The van der Waals surface area contributed by atoms with Gasteiger partial charge in [0.25, 0.3) is 5.91 Å². The molecule has 2 aliphatic rings. The molecule has 0 bridgehead atoms. The molecule has 2 aliphatic heterocycles. The number of amides is 1. The molecule has 0 spiro atoms. The second-order valence-corrected chi connectivity index (χ2v) is 6.15. The van der Waals surface area contributed by atoms with E-state index in [-0.39, 0.29) is 11.4 Å². The van der Waals surface area contributed by atoms with Gasteiger partial charge in [-0.15, -0.1) is 0 Å². The molecule has 2 heterocycles. The molecule has 1 amide bonds. The van der Waals surface area contributed by atoms with E-state index < -0.39 is 6.04 Å². The second-order valence-electron chi connectivity index (χ2n) is 6.15. The lowest BCUT2D eigenvalue weighted by molar-refractivity contribution is -0.120. The van der Waals surface area contributed by atoms with E-state index in [4.69, 9.17) is 9.47 Å². The summed E-state index contributed by atoms with van der Waals surface area (Å²) in [6.45, 7) is 7.11. The van der Waals surface area contributed by atoms with Crippen molar-refractivity contribution >= 4 is 11.9 Å². The maximum Gasteiger partial charge on any atom is 0.256 e. The van der Waals surface area contributed by atoms with E-state index in [1.54, 1.807) is 0 Å². The van der Waals surface area contributed by atoms with E-state index in [2.05, 4.69) is 15.6 Å². The summed E-state index contributed by atoms with van der Waals surface area (Å²) in [7, 11) is 0. The highest BCUT2D eigenvalue weighted by molar-refractivity contribution is 6.05. The summed E-state index contributed by atoms with van der Waals surface area (Å²) in [5.74, 6) is 1.74. The topological polar surface area (TPSA) is 72.0 Å². The third-order valence-electron chi connectivity index (χ3n) is 3.12. The molecule has 21 heavy (non-hydrogen) atoms. The molecule has 0 saturated heterocycles. The van der Waals surface area contributed by atoms with Crippen molar-refractivity contribution in [1.29, 1.82) is 0 Å². The smallest absolute Gasteiger partial charge is 0.256 e.